The molecule has 0 spiro atoms. The van der Waals surface area contributed by atoms with Crippen LogP contribution in [0, 0.1) is 0 Å². The summed E-state index contributed by atoms with van der Waals surface area (Å²) in [7, 11) is 4.15. The lowest BCUT2D eigenvalue weighted by atomic mass is 10.2. The maximum atomic E-state index is 12.2. The molecule has 0 atom stereocenters. The Kier molecular flexibility index (Phi) is 8.01. The fourth-order valence-corrected chi connectivity index (χ4v) is 3.68. The van der Waals surface area contributed by atoms with E-state index in [2.05, 4.69) is 4.74 Å². The van der Waals surface area contributed by atoms with Gasteiger partial charge in [-0.1, -0.05) is 23.4 Å². The van der Waals surface area contributed by atoms with Crippen molar-refractivity contribution in [3.05, 3.63) is 33.8 Å². The number of nitrogens with zero attached hydrogens (tertiary/aromatic N) is 1. The van der Waals surface area contributed by atoms with Crippen molar-refractivity contribution < 1.29 is 33.3 Å². The molecule has 8 nitrogen and oxygen atoms in total. The summed E-state index contributed by atoms with van der Waals surface area (Å²) in [6, 6.07) is 2.91. The zero-order valence-corrected chi connectivity index (χ0v) is 17.2. The highest BCUT2D eigenvalue weighted by molar-refractivity contribution is 8.04. The predicted molar refractivity (Wildman–Crippen MR) is 104 cm³/mol. The summed E-state index contributed by atoms with van der Waals surface area (Å²) < 4.78 is 20.1. The van der Waals surface area contributed by atoms with E-state index in [1.165, 1.54) is 56.2 Å². The van der Waals surface area contributed by atoms with Gasteiger partial charge in [0.2, 0.25) is 5.91 Å². The van der Waals surface area contributed by atoms with Crippen LogP contribution in [-0.4, -0.2) is 63.0 Å². The van der Waals surface area contributed by atoms with Gasteiger partial charge in [0.25, 0.3) is 0 Å². The number of benzene rings is 1. The third-order valence-corrected chi connectivity index (χ3v) is 5.09. The van der Waals surface area contributed by atoms with Crippen molar-refractivity contribution in [3.8, 4) is 11.5 Å². The average molecular weight is 430 g/mol. The van der Waals surface area contributed by atoms with Crippen LogP contribution in [-0.2, 0) is 19.1 Å². The molecular weight excluding hydrogens is 410 g/mol. The minimum atomic E-state index is -0.574. The molecular formula is C18H20ClNO7S. The average Bonchev–Trinajstić information content (AvgIpc) is 3.03. The van der Waals surface area contributed by atoms with Gasteiger partial charge in [-0.2, -0.15) is 0 Å². The Hall–Kier alpha value is -2.39. The Bertz CT molecular complexity index is 796. The Balaban J connectivity index is 1.92. The van der Waals surface area contributed by atoms with E-state index in [-0.39, 0.29) is 28.9 Å². The van der Waals surface area contributed by atoms with Gasteiger partial charge in [-0.15, -0.1) is 0 Å². The number of carbonyl (C=O) groups excluding carboxylic acids is 3. The molecule has 28 heavy (non-hydrogen) atoms. The second kappa shape index (κ2) is 10.2. The highest BCUT2D eigenvalue weighted by Crippen LogP contribution is 2.36. The van der Waals surface area contributed by atoms with Gasteiger partial charge in [-0.25, -0.2) is 9.59 Å². The SMILES string of the molecule is COC(=O)/C=C1/SCC(=O)N1CCCOC(=O)c1cc(Cl)c(OC)c(OC)c1. The Morgan fingerprint density at radius 1 is 1.25 bits per heavy atom. The molecule has 152 valence electrons. The number of halogens is 1. The smallest absolute Gasteiger partial charge is 0.338 e. The molecule has 0 bridgehead atoms. The first-order valence-electron chi connectivity index (χ1n) is 8.22. The van der Waals surface area contributed by atoms with Crippen molar-refractivity contribution in [3.63, 3.8) is 0 Å². The molecule has 10 heteroatoms. The molecule has 2 rings (SSSR count). The van der Waals surface area contributed by atoms with Crippen LogP contribution in [0.1, 0.15) is 16.8 Å². The molecule has 1 aliphatic heterocycles. The standard InChI is InChI=1S/C18H20ClNO7S/c1-24-13-8-11(7-12(19)17(13)26-3)18(23)27-6-4-5-20-14(21)10-28-15(20)9-16(22)25-2/h7-9H,4-6,10H2,1-3H3/b15-9+. The molecule has 1 saturated heterocycles. The maximum Gasteiger partial charge on any atom is 0.338 e. The number of rotatable bonds is 8. The third kappa shape index (κ3) is 5.32. The largest absolute Gasteiger partial charge is 0.493 e. The second-order valence-corrected chi connectivity index (χ2v) is 6.93. The van der Waals surface area contributed by atoms with E-state index >= 15 is 0 Å². The molecule has 0 unspecified atom stereocenters. The van der Waals surface area contributed by atoms with Crippen LogP contribution in [0.4, 0.5) is 0 Å². The van der Waals surface area contributed by atoms with Crippen molar-refractivity contribution in [2.45, 2.75) is 6.42 Å². The van der Waals surface area contributed by atoms with Gasteiger partial charge < -0.3 is 23.8 Å². The van der Waals surface area contributed by atoms with Crippen LogP contribution in [0.5, 0.6) is 11.5 Å². The van der Waals surface area contributed by atoms with Crippen LogP contribution in [0.25, 0.3) is 0 Å². The lowest BCUT2D eigenvalue weighted by Gasteiger charge is -2.16. The number of hydrogen-bond acceptors (Lipinski definition) is 8. The predicted octanol–water partition coefficient (Wildman–Crippen LogP) is 2.49. The number of esters is 2. The van der Waals surface area contributed by atoms with Crippen molar-refractivity contribution >= 4 is 41.2 Å². The van der Waals surface area contributed by atoms with Gasteiger partial charge in [0.1, 0.15) is 0 Å². The summed E-state index contributed by atoms with van der Waals surface area (Å²) in [4.78, 5) is 37.0. The summed E-state index contributed by atoms with van der Waals surface area (Å²) in [5.74, 6) is -0.311. The van der Waals surface area contributed by atoms with Crippen LogP contribution in [0.15, 0.2) is 23.2 Å². The van der Waals surface area contributed by atoms with Crippen molar-refractivity contribution in [1.29, 1.82) is 0 Å². The van der Waals surface area contributed by atoms with E-state index in [4.69, 9.17) is 25.8 Å². The zero-order valence-electron chi connectivity index (χ0n) is 15.7. The minimum absolute atomic E-state index is 0.0880. The first-order valence-corrected chi connectivity index (χ1v) is 9.59. The Morgan fingerprint density at radius 2 is 2.00 bits per heavy atom. The quantitative estimate of drug-likeness (QED) is 0.353. The molecule has 0 N–H and O–H groups in total. The highest BCUT2D eigenvalue weighted by Gasteiger charge is 2.27. The normalized spacial score (nSPS) is 14.9. The summed E-state index contributed by atoms with van der Waals surface area (Å²) in [5.41, 5.74) is 0.224. The second-order valence-electron chi connectivity index (χ2n) is 5.52. The third-order valence-electron chi connectivity index (χ3n) is 3.78. The Labute approximate surface area is 171 Å². The highest BCUT2D eigenvalue weighted by atomic mass is 35.5. The zero-order chi connectivity index (χ0) is 20.7. The van der Waals surface area contributed by atoms with E-state index in [1.807, 2.05) is 0 Å². The number of amides is 1. The van der Waals surface area contributed by atoms with E-state index < -0.39 is 11.9 Å². The molecule has 0 aromatic heterocycles. The van der Waals surface area contributed by atoms with Gasteiger partial charge in [0.05, 0.1) is 55.4 Å². The van der Waals surface area contributed by atoms with Crippen LogP contribution >= 0.6 is 23.4 Å². The summed E-state index contributed by atoms with van der Waals surface area (Å²) >= 11 is 7.35. The van der Waals surface area contributed by atoms with Gasteiger partial charge in [-0.3, -0.25) is 4.79 Å². The number of ether oxygens (including phenoxy) is 4. The van der Waals surface area contributed by atoms with E-state index in [9.17, 15) is 14.4 Å². The van der Waals surface area contributed by atoms with Gasteiger partial charge in [-0.05, 0) is 18.6 Å². The van der Waals surface area contributed by atoms with Gasteiger partial charge in [0, 0.05) is 6.54 Å². The van der Waals surface area contributed by atoms with Crippen LogP contribution < -0.4 is 9.47 Å². The number of hydrogen-bond donors (Lipinski definition) is 0. The molecule has 1 aromatic carbocycles. The fraction of sp³-hybridized carbons (Fsp3) is 0.389. The number of methoxy groups -OCH3 is 3. The molecule has 1 heterocycles. The van der Waals surface area contributed by atoms with Crippen molar-refractivity contribution in [2.24, 2.45) is 0 Å². The first-order chi connectivity index (χ1) is 13.4. The molecule has 0 saturated carbocycles. The summed E-state index contributed by atoms with van der Waals surface area (Å²) in [6.45, 7) is 0.402. The van der Waals surface area contributed by atoms with E-state index in [1.54, 1.807) is 0 Å². The molecule has 1 amide bonds. The van der Waals surface area contributed by atoms with Gasteiger partial charge >= 0.3 is 11.9 Å². The van der Waals surface area contributed by atoms with Crippen molar-refractivity contribution in [2.75, 3.05) is 40.2 Å². The molecule has 1 aromatic rings. The Morgan fingerprint density at radius 3 is 2.64 bits per heavy atom. The minimum Gasteiger partial charge on any atom is -0.493 e. The van der Waals surface area contributed by atoms with Crippen molar-refractivity contribution in [1.82, 2.24) is 4.90 Å². The first kappa shape index (κ1) is 21.9. The molecule has 1 fully saturated rings. The van der Waals surface area contributed by atoms with Crippen LogP contribution in [0.2, 0.25) is 5.02 Å². The number of carbonyl (C=O) groups is 3. The van der Waals surface area contributed by atoms with Gasteiger partial charge in [0.15, 0.2) is 11.5 Å². The summed E-state index contributed by atoms with van der Waals surface area (Å²) in [5, 5.41) is 0.751. The lowest BCUT2D eigenvalue weighted by Crippen LogP contribution is -2.27. The summed E-state index contributed by atoms with van der Waals surface area (Å²) in [6.07, 6.45) is 1.67. The van der Waals surface area contributed by atoms with E-state index in [0.29, 0.717) is 29.5 Å². The van der Waals surface area contributed by atoms with E-state index in [0.717, 1.165) is 0 Å². The monoisotopic (exact) mass is 429 g/mol. The molecule has 0 aliphatic carbocycles. The van der Waals surface area contributed by atoms with Crippen LogP contribution in [0.3, 0.4) is 0 Å². The number of thioether (sulfide) groups is 1. The molecule has 1 aliphatic rings. The fourth-order valence-electron chi connectivity index (χ4n) is 2.44. The lowest BCUT2D eigenvalue weighted by molar-refractivity contribution is -0.134. The topological polar surface area (TPSA) is 91.4 Å². The molecule has 0 radical (unpaired) electrons. The maximum absolute atomic E-state index is 12.2.